The van der Waals surface area contributed by atoms with Crippen molar-refractivity contribution in [1.82, 2.24) is 14.8 Å². The van der Waals surface area contributed by atoms with Crippen molar-refractivity contribution in [2.24, 2.45) is 0 Å². The number of fused-ring (bicyclic) bond motifs is 1. The Morgan fingerprint density at radius 2 is 2.12 bits per heavy atom. The van der Waals surface area contributed by atoms with Gasteiger partial charge in [0.25, 0.3) is 0 Å². The van der Waals surface area contributed by atoms with Gasteiger partial charge in [0.1, 0.15) is 5.00 Å². The van der Waals surface area contributed by atoms with E-state index in [1.165, 1.54) is 45.5 Å². The molecular weight excluding hydrogens is 488 g/mol. The fourth-order valence-corrected chi connectivity index (χ4v) is 7.24. The zero-order chi connectivity index (χ0) is 24.2. The number of thioether (sulfide) groups is 1. The molecule has 3 heterocycles. The van der Waals surface area contributed by atoms with Gasteiger partial charge in [-0.2, -0.15) is 0 Å². The average molecular weight is 517 g/mol. The number of aromatic nitrogens is 3. The minimum Gasteiger partial charge on any atom is -0.465 e. The van der Waals surface area contributed by atoms with Gasteiger partial charge in [-0.3, -0.25) is 9.36 Å². The number of aryl methyl sites for hydroxylation is 2. The summed E-state index contributed by atoms with van der Waals surface area (Å²) >= 11 is 4.52. The molecule has 1 N–H and O–H groups in total. The van der Waals surface area contributed by atoms with E-state index in [2.05, 4.69) is 41.3 Å². The van der Waals surface area contributed by atoms with Crippen LogP contribution in [0, 0.1) is 6.92 Å². The lowest BCUT2D eigenvalue weighted by atomic mass is 9.95. The van der Waals surface area contributed by atoms with E-state index in [-0.39, 0.29) is 11.7 Å². The van der Waals surface area contributed by atoms with Crippen molar-refractivity contribution in [2.75, 3.05) is 18.2 Å². The van der Waals surface area contributed by atoms with Crippen molar-refractivity contribution in [2.45, 2.75) is 57.7 Å². The van der Waals surface area contributed by atoms with E-state index in [9.17, 15) is 9.59 Å². The van der Waals surface area contributed by atoms with E-state index in [0.29, 0.717) is 22.3 Å². The SMILES string of the molecule is C=CCn1c(SCC(=O)Nc2sc3c(c2C(=O)OC)CCCC3)nnc1-c1csc(C)c1CC. The molecule has 0 aromatic carbocycles. The molecule has 0 bridgehead atoms. The summed E-state index contributed by atoms with van der Waals surface area (Å²) in [6.45, 7) is 8.68. The first-order valence-electron chi connectivity index (χ1n) is 11.2. The van der Waals surface area contributed by atoms with E-state index in [0.717, 1.165) is 49.1 Å². The summed E-state index contributed by atoms with van der Waals surface area (Å²) in [7, 11) is 1.37. The van der Waals surface area contributed by atoms with Crippen molar-refractivity contribution in [1.29, 1.82) is 0 Å². The van der Waals surface area contributed by atoms with Crippen molar-refractivity contribution < 1.29 is 14.3 Å². The van der Waals surface area contributed by atoms with Crippen LogP contribution in [0.2, 0.25) is 0 Å². The number of esters is 1. The van der Waals surface area contributed by atoms with Gasteiger partial charge in [0.15, 0.2) is 11.0 Å². The van der Waals surface area contributed by atoms with Gasteiger partial charge in [-0.05, 0) is 50.2 Å². The highest BCUT2D eigenvalue weighted by Gasteiger charge is 2.27. The van der Waals surface area contributed by atoms with Crippen molar-refractivity contribution in [3.63, 3.8) is 0 Å². The van der Waals surface area contributed by atoms with Gasteiger partial charge in [-0.25, -0.2) is 4.79 Å². The summed E-state index contributed by atoms with van der Waals surface area (Å²) in [5.74, 6) is 0.365. The third-order valence-corrected chi connectivity index (χ3v) is 9.00. The molecule has 7 nitrogen and oxygen atoms in total. The number of ether oxygens (including phenoxy) is 1. The van der Waals surface area contributed by atoms with Gasteiger partial charge in [-0.1, -0.05) is 24.8 Å². The molecule has 10 heteroatoms. The molecular formula is C24H28N4O3S3. The minimum atomic E-state index is -0.393. The largest absolute Gasteiger partial charge is 0.465 e. The quantitative estimate of drug-likeness (QED) is 0.229. The molecule has 3 aromatic heterocycles. The lowest BCUT2D eigenvalue weighted by molar-refractivity contribution is -0.113. The molecule has 0 saturated carbocycles. The number of rotatable bonds is 9. The lowest BCUT2D eigenvalue weighted by Gasteiger charge is -2.11. The maximum Gasteiger partial charge on any atom is 0.341 e. The van der Waals surface area contributed by atoms with Crippen LogP contribution >= 0.6 is 34.4 Å². The van der Waals surface area contributed by atoms with Crippen LogP contribution < -0.4 is 5.32 Å². The molecule has 0 aliphatic heterocycles. The highest BCUT2D eigenvalue weighted by Crippen LogP contribution is 2.39. The van der Waals surface area contributed by atoms with Gasteiger partial charge in [0.05, 0.1) is 18.4 Å². The van der Waals surface area contributed by atoms with Crippen molar-refractivity contribution in [3.8, 4) is 11.4 Å². The molecule has 3 aromatic rings. The molecule has 0 radical (unpaired) electrons. The topological polar surface area (TPSA) is 86.1 Å². The van der Waals surface area contributed by atoms with Crippen molar-refractivity contribution in [3.05, 3.63) is 44.5 Å². The minimum absolute atomic E-state index is 0.155. The van der Waals surface area contributed by atoms with Crippen LogP contribution in [-0.4, -0.2) is 39.5 Å². The summed E-state index contributed by atoms with van der Waals surface area (Å²) in [5.41, 5.74) is 3.90. The molecule has 180 valence electrons. The van der Waals surface area contributed by atoms with Gasteiger partial charge in [-0.15, -0.1) is 39.4 Å². The smallest absolute Gasteiger partial charge is 0.341 e. The molecule has 1 aliphatic carbocycles. The molecule has 34 heavy (non-hydrogen) atoms. The highest BCUT2D eigenvalue weighted by molar-refractivity contribution is 7.99. The first-order chi connectivity index (χ1) is 16.5. The Balaban J connectivity index is 1.52. The van der Waals surface area contributed by atoms with E-state index < -0.39 is 5.97 Å². The maximum atomic E-state index is 12.9. The molecule has 1 amide bonds. The second-order valence-corrected chi connectivity index (χ2v) is 11.1. The van der Waals surface area contributed by atoms with Crippen LogP contribution in [0.3, 0.4) is 0 Å². The Labute approximate surface area is 211 Å². The number of thiophene rings is 2. The Morgan fingerprint density at radius 1 is 1.32 bits per heavy atom. The first-order valence-corrected chi connectivity index (χ1v) is 13.9. The second-order valence-electron chi connectivity index (χ2n) is 7.99. The van der Waals surface area contributed by atoms with Gasteiger partial charge in [0.2, 0.25) is 5.91 Å². The third kappa shape index (κ3) is 4.85. The van der Waals surface area contributed by atoms with Crippen molar-refractivity contribution >= 4 is 51.3 Å². The number of carbonyl (C=O) groups is 2. The second kappa shape index (κ2) is 10.9. The zero-order valence-corrected chi connectivity index (χ0v) is 22.1. The summed E-state index contributed by atoms with van der Waals surface area (Å²) in [5, 5.41) is 15.1. The highest BCUT2D eigenvalue weighted by atomic mass is 32.2. The number of hydrogen-bond donors (Lipinski definition) is 1. The Kier molecular flexibility index (Phi) is 7.90. The summed E-state index contributed by atoms with van der Waals surface area (Å²) in [4.78, 5) is 27.7. The van der Waals surface area contributed by atoms with Gasteiger partial charge < -0.3 is 10.1 Å². The van der Waals surface area contributed by atoms with Crippen LogP contribution in [0.1, 0.15) is 51.0 Å². The number of nitrogens with one attached hydrogen (secondary N) is 1. The number of carbonyl (C=O) groups excluding carboxylic acids is 2. The maximum absolute atomic E-state index is 12.9. The fourth-order valence-electron chi connectivity index (χ4n) is 4.26. The third-order valence-electron chi connectivity index (χ3n) is 5.87. The van der Waals surface area contributed by atoms with Crippen LogP contribution in [-0.2, 0) is 35.3 Å². The average Bonchev–Trinajstić information content (AvgIpc) is 3.51. The molecule has 0 saturated heterocycles. The monoisotopic (exact) mass is 516 g/mol. The molecule has 0 spiro atoms. The van der Waals surface area contributed by atoms with Gasteiger partial charge >= 0.3 is 5.97 Å². The first kappa shape index (κ1) is 24.7. The van der Waals surface area contributed by atoms with E-state index in [1.807, 2.05) is 4.57 Å². The predicted octanol–water partition coefficient (Wildman–Crippen LogP) is 5.52. The standard InChI is InChI=1S/C24H28N4O3S3/c1-5-11-28-21(17-12-32-14(3)15(17)6-2)26-27-24(28)33-13-19(29)25-22-20(23(30)31-4)16-9-7-8-10-18(16)34-22/h5,12H,1,6-11,13H2,2-4H3,(H,25,29). The van der Waals surface area contributed by atoms with Crippen LogP contribution in [0.25, 0.3) is 11.4 Å². The fraction of sp³-hybridized carbons (Fsp3) is 0.417. The molecule has 0 atom stereocenters. The number of methoxy groups -OCH3 is 1. The Morgan fingerprint density at radius 3 is 2.85 bits per heavy atom. The normalized spacial score (nSPS) is 12.9. The van der Waals surface area contributed by atoms with E-state index >= 15 is 0 Å². The van der Waals surface area contributed by atoms with Crippen LogP contribution in [0.15, 0.2) is 23.2 Å². The number of allylic oxidation sites excluding steroid dienone is 1. The number of nitrogens with zero attached hydrogens (tertiary/aromatic N) is 3. The number of hydrogen-bond acceptors (Lipinski definition) is 8. The Bertz CT molecular complexity index is 1220. The summed E-state index contributed by atoms with van der Waals surface area (Å²) in [6.07, 6.45) is 6.65. The summed E-state index contributed by atoms with van der Waals surface area (Å²) < 4.78 is 7.00. The lowest BCUT2D eigenvalue weighted by Crippen LogP contribution is -2.17. The zero-order valence-electron chi connectivity index (χ0n) is 19.6. The number of anilines is 1. The predicted molar refractivity (Wildman–Crippen MR) is 139 cm³/mol. The molecule has 1 aliphatic rings. The number of amides is 1. The molecule has 0 fully saturated rings. The molecule has 4 rings (SSSR count). The van der Waals surface area contributed by atoms with Crippen LogP contribution in [0.4, 0.5) is 5.00 Å². The Hall–Kier alpha value is -2.43. The van der Waals surface area contributed by atoms with E-state index in [1.54, 1.807) is 17.4 Å². The molecule has 0 unspecified atom stereocenters. The van der Waals surface area contributed by atoms with Crippen LogP contribution in [0.5, 0.6) is 0 Å². The van der Waals surface area contributed by atoms with Gasteiger partial charge in [0, 0.05) is 27.2 Å². The van der Waals surface area contributed by atoms with E-state index in [4.69, 9.17) is 4.74 Å². The summed E-state index contributed by atoms with van der Waals surface area (Å²) in [6, 6.07) is 0.